The van der Waals surface area contributed by atoms with Crippen LogP contribution in [0.4, 0.5) is 0 Å². The summed E-state index contributed by atoms with van der Waals surface area (Å²) in [4.78, 5) is 11.5. The normalized spacial score (nSPS) is 25.2. The molecule has 2 fully saturated rings. The second-order valence-electron chi connectivity index (χ2n) is 5.15. The Hall–Kier alpha value is -1.64. The van der Waals surface area contributed by atoms with Crippen molar-refractivity contribution in [2.24, 2.45) is 5.73 Å². The third-order valence-electron chi connectivity index (χ3n) is 3.89. The van der Waals surface area contributed by atoms with E-state index in [-0.39, 0.29) is 28.4 Å². The molecule has 2 heterocycles. The number of hydrogen-bond donors (Lipinski definition) is 1. The van der Waals surface area contributed by atoms with Crippen LogP contribution in [0.3, 0.4) is 0 Å². The predicted octanol–water partition coefficient (Wildman–Crippen LogP) is -0.0441. The van der Waals surface area contributed by atoms with Gasteiger partial charge in [-0.3, -0.25) is 4.79 Å². The van der Waals surface area contributed by atoms with Gasteiger partial charge in [-0.05, 0) is 24.6 Å². The van der Waals surface area contributed by atoms with Crippen molar-refractivity contribution in [1.29, 1.82) is 0 Å². The average Bonchev–Trinajstić information content (AvgIpc) is 3.09. The van der Waals surface area contributed by atoms with Gasteiger partial charge in [-0.25, -0.2) is 8.42 Å². The van der Waals surface area contributed by atoms with Gasteiger partial charge in [0, 0.05) is 6.54 Å². The van der Waals surface area contributed by atoms with E-state index in [1.165, 1.54) is 29.6 Å². The molecule has 2 aliphatic heterocycles. The molecule has 0 aliphatic carbocycles. The minimum absolute atomic E-state index is 0.0290. The fourth-order valence-electron chi connectivity index (χ4n) is 2.83. The second kappa shape index (κ2) is 4.97. The Morgan fingerprint density at radius 1 is 1.48 bits per heavy atom. The van der Waals surface area contributed by atoms with Gasteiger partial charge in [0.25, 0.3) is 5.91 Å². The summed E-state index contributed by atoms with van der Waals surface area (Å²) in [7, 11) is -2.27. The van der Waals surface area contributed by atoms with Crippen molar-refractivity contribution in [3.63, 3.8) is 0 Å². The largest absolute Gasteiger partial charge is 0.496 e. The van der Waals surface area contributed by atoms with Gasteiger partial charge in [0.15, 0.2) is 0 Å². The van der Waals surface area contributed by atoms with E-state index < -0.39 is 15.9 Å². The highest BCUT2D eigenvalue weighted by molar-refractivity contribution is 7.89. The number of fused-ring (bicyclic) bond motifs is 2. The molecule has 0 saturated carbocycles. The van der Waals surface area contributed by atoms with Gasteiger partial charge in [0.05, 0.1) is 36.3 Å². The van der Waals surface area contributed by atoms with Gasteiger partial charge in [0.1, 0.15) is 5.75 Å². The molecule has 1 amide bonds. The first-order chi connectivity index (χ1) is 9.93. The topological polar surface area (TPSA) is 98.9 Å². The first kappa shape index (κ1) is 14.3. The van der Waals surface area contributed by atoms with Crippen LogP contribution in [0, 0.1) is 0 Å². The number of morpholine rings is 1. The van der Waals surface area contributed by atoms with Crippen LogP contribution in [-0.4, -0.2) is 51.0 Å². The van der Waals surface area contributed by atoms with Gasteiger partial charge in [-0.2, -0.15) is 4.31 Å². The lowest BCUT2D eigenvalue weighted by Crippen LogP contribution is -2.41. The van der Waals surface area contributed by atoms with Crippen molar-refractivity contribution in [1.82, 2.24) is 4.31 Å². The third kappa shape index (κ3) is 2.29. The maximum absolute atomic E-state index is 12.7. The van der Waals surface area contributed by atoms with Crippen molar-refractivity contribution in [3.05, 3.63) is 23.8 Å². The summed E-state index contributed by atoms with van der Waals surface area (Å²) in [5, 5.41) is 0. The molecule has 2 saturated heterocycles. The van der Waals surface area contributed by atoms with Crippen molar-refractivity contribution in [2.45, 2.75) is 23.5 Å². The highest BCUT2D eigenvalue weighted by atomic mass is 32.2. The molecule has 0 radical (unpaired) electrons. The molecule has 2 atom stereocenters. The van der Waals surface area contributed by atoms with E-state index in [0.717, 1.165) is 6.42 Å². The summed E-state index contributed by atoms with van der Waals surface area (Å²) in [6.45, 7) is 0.771. The van der Waals surface area contributed by atoms with E-state index in [1.807, 2.05) is 0 Å². The zero-order valence-electron chi connectivity index (χ0n) is 11.5. The molecular formula is C13H16N2O5S. The number of carbonyl (C=O) groups is 1. The number of nitrogens with zero attached hydrogens (tertiary/aromatic N) is 1. The lowest BCUT2D eigenvalue weighted by atomic mass is 10.2. The summed E-state index contributed by atoms with van der Waals surface area (Å²) in [6, 6.07) is 4.01. The number of methoxy groups -OCH3 is 1. The fraction of sp³-hybridized carbons (Fsp3) is 0.462. The van der Waals surface area contributed by atoms with Crippen LogP contribution in [0.5, 0.6) is 5.75 Å². The number of amides is 1. The minimum Gasteiger partial charge on any atom is -0.496 e. The number of ether oxygens (including phenoxy) is 2. The third-order valence-corrected chi connectivity index (χ3v) is 5.81. The smallest absolute Gasteiger partial charge is 0.252 e. The SMILES string of the molecule is COc1ccc(S(=O)(=O)N2CC3CC2CO3)cc1C(N)=O. The Morgan fingerprint density at radius 2 is 2.24 bits per heavy atom. The zero-order chi connectivity index (χ0) is 15.2. The summed E-state index contributed by atoms with van der Waals surface area (Å²) < 4.78 is 37.2. The van der Waals surface area contributed by atoms with E-state index in [9.17, 15) is 13.2 Å². The maximum atomic E-state index is 12.7. The molecule has 7 nitrogen and oxygen atoms in total. The molecule has 8 heteroatoms. The van der Waals surface area contributed by atoms with Crippen molar-refractivity contribution >= 4 is 15.9 Å². The standard InChI is InChI=1S/C13H16N2O5S/c1-19-12-3-2-10(5-11(12)13(14)16)21(17,18)15-6-9-4-8(15)7-20-9/h2-3,5,8-9H,4,6-7H2,1H3,(H2,14,16). The van der Waals surface area contributed by atoms with Crippen molar-refractivity contribution in [3.8, 4) is 5.75 Å². The van der Waals surface area contributed by atoms with Crippen LogP contribution in [0.15, 0.2) is 23.1 Å². The molecule has 114 valence electrons. The summed E-state index contributed by atoms with van der Waals surface area (Å²) in [6.07, 6.45) is 0.691. The first-order valence-electron chi connectivity index (χ1n) is 6.55. The fourth-order valence-corrected chi connectivity index (χ4v) is 4.51. The Kier molecular flexibility index (Phi) is 3.39. The van der Waals surface area contributed by atoms with Gasteiger partial charge in [-0.1, -0.05) is 0 Å². The lowest BCUT2D eigenvalue weighted by molar-refractivity contribution is 0.0608. The van der Waals surface area contributed by atoms with Gasteiger partial charge < -0.3 is 15.2 Å². The monoisotopic (exact) mass is 312 g/mol. The number of rotatable bonds is 4. The number of sulfonamides is 1. The van der Waals surface area contributed by atoms with E-state index in [4.69, 9.17) is 15.2 Å². The number of nitrogens with two attached hydrogens (primary N) is 1. The zero-order valence-corrected chi connectivity index (χ0v) is 12.3. The van der Waals surface area contributed by atoms with Crippen LogP contribution in [0.2, 0.25) is 0 Å². The molecule has 2 bridgehead atoms. The summed E-state index contributed by atoms with van der Waals surface area (Å²) >= 11 is 0. The Bertz CT molecular complexity index is 688. The van der Waals surface area contributed by atoms with E-state index in [2.05, 4.69) is 0 Å². The highest BCUT2D eigenvalue weighted by Gasteiger charge is 2.45. The minimum atomic E-state index is -3.66. The van der Waals surface area contributed by atoms with Crippen LogP contribution in [0.25, 0.3) is 0 Å². The highest BCUT2D eigenvalue weighted by Crippen LogP contribution is 2.33. The molecule has 1 aromatic carbocycles. The molecule has 0 spiro atoms. The van der Waals surface area contributed by atoms with Crippen LogP contribution in [-0.2, 0) is 14.8 Å². The maximum Gasteiger partial charge on any atom is 0.252 e. The summed E-state index contributed by atoms with van der Waals surface area (Å²) in [5.74, 6) is -0.470. The predicted molar refractivity (Wildman–Crippen MR) is 73.5 cm³/mol. The molecule has 0 aromatic heterocycles. The molecule has 1 aromatic rings. The van der Waals surface area contributed by atoms with Crippen LogP contribution in [0.1, 0.15) is 16.8 Å². The number of benzene rings is 1. The molecule has 2 unspecified atom stereocenters. The molecular weight excluding hydrogens is 296 g/mol. The number of hydrogen-bond acceptors (Lipinski definition) is 5. The van der Waals surface area contributed by atoms with Crippen LogP contribution >= 0.6 is 0 Å². The molecule has 3 rings (SSSR count). The second-order valence-corrected chi connectivity index (χ2v) is 7.04. The van der Waals surface area contributed by atoms with Gasteiger partial charge in [-0.15, -0.1) is 0 Å². The number of carbonyl (C=O) groups excluding carboxylic acids is 1. The molecule has 21 heavy (non-hydrogen) atoms. The Balaban J connectivity index is 1.99. The molecule has 2 N–H and O–H groups in total. The van der Waals surface area contributed by atoms with E-state index >= 15 is 0 Å². The van der Waals surface area contributed by atoms with E-state index in [1.54, 1.807) is 0 Å². The van der Waals surface area contributed by atoms with Crippen molar-refractivity contribution < 1.29 is 22.7 Å². The molecule has 2 aliphatic rings. The van der Waals surface area contributed by atoms with E-state index in [0.29, 0.717) is 13.2 Å². The Labute approximate surface area is 122 Å². The average molecular weight is 312 g/mol. The lowest BCUT2D eigenvalue weighted by Gasteiger charge is -2.26. The van der Waals surface area contributed by atoms with Crippen molar-refractivity contribution in [2.75, 3.05) is 20.3 Å². The first-order valence-corrected chi connectivity index (χ1v) is 7.99. The van der Waals surface area contributed by atoms with Gasteiger partial charge in [0.2, 0.25) is 10.0 Å². The van der Waals surface area contributed by atoms with Gasteiger partial charge >= 0.3 is 0 Å². The summed E-state index contributed by atoms with van der Waals surface area (Å²) in [5.41, 5.74) is 5.32. The van der Waals surface area contributed by atoms with Crippen LogP contribution < -0.4 is 10.5 Å². The Morgan fingerprint density at radius 3 is 2.76 bits per heavy atom. The number of primary amides is 1. The quantitative estimate of drug-likeness (QED) is 0.841.